The van der Waals surface area contributed by atoms with Crippen LogP contribution in [0.4, 0.5) is 0 Å². The Morgan fingerprint density at radius 2 is 2.22 bits per heavy atom. The van der Waals surface area contributed by atoms with E-state index >= 15 is 0 Å². The van der Waals surface area contributed by atoms with Crippen molar-refractivity contribution in [2.24, 2.45) is 5.92 Å². The van der Waals surface area contributed by atoms with Crippen molar-refractivity contribution in [1.82, 2.24) is 10.2 Å². The van der Waals surface area contributed by atoms with Crippen LogP contribution < -0.4 is 5.32 Å². The summed E-state index contributed by atoms with van der Waals surface area (Å²) in [6.45, 7) is 5.93. The highest BCUT2D eigenvalue weighted by molar-refractivity contribution is 5.81. The Balaban J connectivity index is 2.42. The second-order valence-corrected chi connectivity index (χ2v) is 4.99. The summed E-state index contributed by atoms with van der Waals surface area (Å²) in [6.07, 6.45) is 3.61. The number of nitrogens with zero attached hydrogens (tertiary/aromatic N) is 1. The predicted molar refractivity (Wildman–Crippen MR) is 69.3 cm³/mol. The van der Waals surface area contributed by atoms with Crippen LogP contribution in [0.1, 0.15) is 39.5 Å². The SMILES string of the molecule is CCCCNC(=O)C(C)N1CCCC(C(=O)O)C1. The zero-order chi connectivity index (χ0) is 13.5. The number of hydrogen-bond donors (Lipinski definition) is 2. The van der Waals surface area contributed by atoms with Crippen molar-refractivity contribution < 1.29 is 14.7 Å². The van der Waals surface area contributed by atoms with Gasteiger partial charge < -0.3 is 10.4 Å². The molecule has 18 heavy (non-hydrogen) atoms. The smallest absolute Gasteiger partial charge is 0.307 e. The summed E-state index contributed by atoms with van der Waals surface area (Å²) in [6, 6.07) is -0.232. The van der Waals surface area contributed by atoms with E-state index in [9.17, 15) is 9.59 Å². The number of carboxylic acid groups (broad SMARTS) is 1. The number of carboxylic acids is 1. The standard InChI is InChI=1S/C13H24N2O3/c1-3-4-7-14-12(16)10(2)15-8-5-6-11(9-15)13(17)18/h10-11H,3-9H2,1-2H3,(H,14,16)(H,17,18). The molecule has 2 N–H and O–H groups in total. The quantitative estimate of drug-likeness (QED) is 0.698. The van der Waals surface area contributed by atoms with E-state index in [4.69, 9.17) is 5.11 Å². The minimum Gasteiger partial charge on any atom is -0.481 e. The van der Waals surface area contributed by atoms with E-state index in [1.165, 1.54) is 0 Å². The van der Waals surface area contributed by atoms with Crippen LogP contribution in [0.15, 0.2) is 0 Å². The molecule has 2 atom stereocenters. The van der Waals surface area contributed by atoms with Gasteiger partial charge in [0, 0.05) is 13.1 Å². The molecule has 1 amide bonds. The molecule has 1 aliphatic heterocycles. The van der Waals surface area contributed by atoms with E-state index in [1.807, 2.05) is 11.8 Å². The Bertz CT molecular complexity index is 294. The van der Waals surface area contributed by atoms with Crippen LogP contribution in [-0.2, 0) is 9.59 Å². The average Bonchev–Trinajstić information content (AvgIpc) is 2.38. The highest BCUT2D eigenvalue weighted by Crippen LogP contribution is 2.18. The number of aliphatic carboxylic acids is 1. The Kier molecular flexibility index (Phi) is 6.12. The van der Waals surface area contributed by atoms with E-state index in [2.05, 4.69) is 12.2 Å². The monoisotopic (exact) mass is 256 g/mol. The summed E-state index contributed by atoms with van der Waals surface area (Å²) < 4.78 is 0. The predicted octanol–water partition coefficient (Wildman–Crippen LogP) is 1.09. The van der Waals surface area contributed by atoms with Gasteiger partial charge in [-0.25, -0.2) is 0 Å². The number of nitrogens with one attached hydrogen (secondary N) is 1. The van der Waals surface area contributed by atoms with E-state index in [0.29, 0.717) is 13.1 Å². The van der Waals surface area contributed by atoms with Crippen molar-refractivity contribution in [3.63, 3.8) is 0 Å². The van der Waals surface area contributed by atoms with Gasteiger partial charge in [0.2, 0.25) is 5.91 Å². The average molecular weight is 256 g/mol. The number of rotatable bonds is 6. The number of amides is 1. The molecule has 1 fully saturated rings. The van der Waals surface area contributed by atoms with Crippen LogP contribution in [0.3, 0.4) is 0 Å². The first-order chi connectivity index (χ1) is 8.56. The molecule has 0 spiro atoms. The van der Waals surface area contributed by atoms with E-state index in [-0.39, 0.29) is 17.9 Å². The van der Waals surface area contributed by atoms with Crippen LogP contribution in [0.5, 0.6) is 0 Å². The normalized spacial score (nSPS) is 22.4. The third kappa shape index (κ3) is 4.29. The number of unbranched alkanes of at least 4 members (excludes halogenated alkanes) is 1. The van der Waals surface area contributed by atoms with Crippen LogP contribution in [0.25, 0.3) is 0 Å². The van der Waals surface area contributed by atoms with E-state index < -0.39 is 5.97 Å². The van der Waals surface area contributed by atoms with Gasteiger partial charge in [0.1, 0.15) is 0 Å². The summed E-state index contributed by atoms with van der Waals surface area (Å²) in [5, 5.41) is 11.9. The van der Waals surface area contributed by atoms with Crippen molar-refractivity contribution in [3.05, 3.63) is 0 Å². The fourth-order valence-corrected chi connectivity index (χ4v) is 2.26. The second-order valence-electron chi connectivity index (χ2n) is 4.99. The van der Waals surface area contributed by atoms with Gasteiger partial charge in [0.05, 0.1) is 12.0 Å². The Labute approximate surface area is 109 Å². The fourth-order valence-electron chi connectivity index (χ4n) is 2.26. The fraction of sp³-hybridized carbons (Fsp3) is 0.846. The van der Waals surface area contributed by atoms with Gasteiger partial charge in [-0.15, -0.1) is 0 Å². The molecular formula is C13H24N2O3. The molecule has 0 aromatic heterocycles. The van der Waals surface area contributed by atoms with E-state index in [1.54, 1.807) is 0 Å². The number of hydrogen-bond acceptors (Lipinski definition) is 3. The second kappa shape index (κ2) is 7.36. The van der Waals surface area contributed by atoms with Crippen LogP contribution >= 0.6 is 0 Å². The zero-order valence-electron chi connectivity index (χ0n) is 11.3. The first-order valence-electron chi connectivity index (χ1n) is 6.80. The molecule has 0 aromatic carbocycles. The molecule has 5 heteroatoms. The molecule has 1 saturated heterocycles. The lowest BCUT2D eigenvalue weighted by molar-refractivity contribution is -0.145. The number of piperidine rings is 1. The number of carbonyl (C=O) groups is 2. The maximum atomic E-state index is 11.9. The Morgan fingerprint density at radius 1 is 1.50 bits per heavy atom. The molecule has 1 aliphatic rings. The molecule has 0 aromatic rings. The number of carbonyl (C=O) groups excluding carboxylic acids is 1. The minimum absolute atomic E-state index is 0.00879. The third-order valence-electron chi connectivity index (χ3n) is 3.56. The molecule has 1 rings (SSSR count). The van der Waals surface area contributed by atoms with Crippen molar-refractivity contribution in [2.75, 3.05) is 19.6 Å². The summed E-state index contributed by atoms with van der Waals surface area (Å²) in [4.78, 5) is 24.8. The highest BCUT2D eigenvalue weighted by Gasteiger charge is 2.30. The first kappa shape index (κ1) is 15.0. The highest BCUT2D eigenvalue weighted by atomic mass is 16.4. The third-order valence-corrected chi connectivity index (χ3v) is 3.56. The van der Waals surface area contributed by atoms with Gasteiger partial charge in [0.25, 0.3) is 0 Å². The Morgan fingerprint density at radius 3 is 2.83 bits per heavy atom. The van der Waals surface area contributed by atoms with Crippen LogP contribution in [0, 0.1) is 5.92 Å². The maximum absolute atomic E-state index is 11.9. The number of likely N-dealkylation sites (tertiary alicyclic amines) is 1. The molecule has 1 heterocycles. The molecule has 2 unspecified atom stereocenters. The lowest BCUT2D eigenvalue weighted by Crippen LogP contribution is -2.50. The Hall–Kier alpha value is -1.10. The topological polar surface area (TPSA) is 69.6 Å². The summed E-state index contributed by atoms with van der Waals surface area (Å²) >= 11 is 0. The van der Waals surface area contributed by atoms with Gasteiger partial charge in [-0.05, 0) is 32.7 Å². The maximum Gasteiger partial charge on any atom is 0.307 e. The van der Waals surface area contributed by atoms with Gasteiger partial charge in [0.15, 0.2) is 0 Å². The molecule has 0 bridgehead atoms. The van der Waals surface area contributed by atoms with Crippen molar-refractivity contribution in [1.29, 1.82) is 0 Å². The molecular weight excluding hydrogens is 232 g/mol. The zero-order valence-corrected chi connectivity index (χ0v) is 11.3. The van der Waals surface area contributed by atoms with Crippen LogP contribution in [-0.4, -0.2) is 47.6 Å². The van der Waals surface area contributed by atoms with Gasteiger partial charge in [-0.2, -0.15) is 0 Å². The summed E-state index contributed by atoms with van der Waals surface area (Å²) in [5.41, 5.74) is 0. The molecule has 104 valence electrons. The van der Waals surface area contributed by atoms with Crippen molar-refractivity contribution in [3.8, 4) is 0 Å². The van der Waals surface area contributed by atoms with Gasteiger partial charge in [-0.3, -0.25) is 14.5 Å². The molecule has 5 nitrogen and oxygen atoms in total. The lowest BCUT2D eigenvalue weighted by Gasteiger charge is -2.34. The molecule has 0 radical (unpaired) electrons. The largest absolute Gasteiger partial charge is 0.481 e. The lowest BCUT2D eigenvalue weighted by atomic mass is 9.97. The van der Waals surface area contributed by atoms with E-state index in [0.717, 1.165) is 32.2 Å². The van der Waals surface area contributed by atoms with Crippen molar-refractivity contribution >= 4 is 11.9 Å². The van der Waals surface area contributed by atoms with Crippen LogP contribution in [0.2, 0.25) is 0 Å². The summed E-state index contributed by atoms with van der Waals surface area (Å²) in [5.74, 6) is -1.07. The molecule has 0 aliphatic carbocycles. The summed E-state index contributed by atoms with van der Waals surface area (Å²) in [7, 11) is 0. The van der Waals surface area contributed by atoms with Gasteiger partial charge >= 0.3 is 5.97 Å². The van der Waals surface area contributed by atoms with Crippen molar-refractivity contribution in [2.45, 2.75) is 45.6 Å². The minimum atomic E-state index is -0.752. The van der Waals surface area contributed by atoms with Gasteiger partial charge in [-0.1, -0.05) is 13.3 Å². The first-order valence-corrected chi connectivity index (χ1v) is 6.80. The molecule has 0 saturated carbocycles.